The molecule has 1 aliphatic carbocycles. The molecule has 2 N–H and O–H groups in total. The van der Waals surface area contributed by atoms with Gasteiger partial charge >= 0.3 is 0 Å². The Kier molecular flexibility index (Phi) is 3.23. The topological polar surface area (TPSA) is 42.5 Å². The molecule has 0 atom stereocenters. The number of hydrogen-bond acceptors (Lipinski definition) is 3. The minimum atomic E-state index is 0.295. The molecule has 1 aromatic rings. The molecule has 1 saturated carbocycles. The van der Waals surface area contributed by atoms with Crippen LogP contribution in [0.15, 0.2) is 18.2 Å². The number of thiocarbonyl (C=S) groups is 1. The van der Waals surface area contributed by atoms with Gasteiger partial charge in [-0.3, -0.25) is 0 Å². The van der Waals surface area contributed by atoms with Gasteiger partial charge in [0.15, 0.2) is 16.6 Å². The molecule has 0 spiro atoms. The van der Waals surface area contributed by atoms with Gasteiger partial charge in [-0.15, -0.1) is 0 Å². The number of hydrogen-bond donors (Lipinski definition) is 2. The first-order valence-corrected chi connectivity index (χ1v) is 6.69. The minimum Gasteiger partial charge on any atom is -0.454 e. The van der Waals surface area contributed by atoms with Crippen molar-refractivity contribution in [1.29, 1.82) is 0 Å². The van der Waals surface area contributed by atoms with Gasteiger partial charge in [0.05, 0.1) is 0 Å². The second-order valence-electron chi connectivity index (χ2n) is 4.65. The van der Waals surface area contributed by atoms with Gasteiger partial charge in [0.1, 0.15) is 0 Å². The minimum absolute atomic E-state index is 0.295. The van der Waals surface area contributed by atoms with Crippen molar-refractivity contribution in [3.05, 3.63) is 18.2 Å². The Bertz CT molecular complexity index is 458. The van der Waals surface area contributed by atoms with Gasteiger partial charge in [-0.1, -0.05) is 12.8 Å². The van der Waals surface area contributed by atoms with Crippen LogP contribution < -0.4 is 20.1 Å². The van der Waals surface area contributed by atoms with E-state index in [9.17, 15) is 0 Å². The Morgan fingerprint density at radius 3 is 2.78 bits per heavy atom. The summed E-state index contributed by atoms with van der Waals surface area (Å²) in [6.07, 6.45) is 5.01. The van der Waals surface area contributed by atoms with Gasteiger partial charge in [0.25, 0.3) is 0 Å². The van der Waals surface area contributed by atoms with E-state index < -0.39 is 0 Å². The standard InChI is InChI=1S/C13H16N2O2S/c18-13(14-9-3-1-2-4-9)15-10-5-6-11-12(7-10)17-8-16-11/h5-7,9H,1-4,8H2,(H2,14,15,18). The lowest BCUT2D eigenvalue weighted by Crippen LogP contribution is -2.35. The van der Waals surface area contributed by atoms with Crippen LogP contribution in [0.25, 0.3) is 0 Å². The van der Waals surface area contributed by atoms with Crippen molar-refractivity contribution < 1.29 is 9.47 Å². The Morgan fingerprint density at radius 2 is 1.94 bits per heavy atom. The van der Waals surface area contributed by atoms with E-state index in [4.69, 9.17) is 21.7 Å². The third kappa shape index (κ3) is 2.51. The summed E-state index contributed by atoms with van der Waals surface area (Å²) in [4.78, 5) is 0. The van der Waals surface area contributed by atoms with Crippen LogP contribution in [-0.2, 0) is 0 Å². The summed E-state index contributed by atoms with van der Waals surface area (Å²) in [5.41, 5.74) is 0.926. The fourth-order valence-electron chi connectivity index (χ4n) is 2.40. The van der Waals surface area contributed by atoms with Crippen LogP contribution in [-0.4, -0.2) is 17.9 Å². The average Bonchev–Trinajstić information content (AvgIpc) is 2.98. The summed E-state index contributed by atoms with van der Waals surface area (Å²) in [7, 11) is 0. The largest absolute Gasteiger partial charge is 0.454 e. The van der Waals surface area contributed by atoms with E-state index in [0.29, 0.717) is 17.9 Å². The molecule has 3 rings (SSSR count). The highest BCUT2D eigenvalue weighted by Crippen LogP contribution is 2.34. The summed E-state index contributed by atoms with van der Waals surface area (Å²) in [6.45, 7) is 0.295. The molecule has 1 fully saturated rings. The van der Waals surface area contributed by atoms with Crippen molar-refractivity contribution in [1.82, 2.24) is 5.32 Å². The molecule has 0 bridgehead atoms. The molecule has 96 valence electrons. The summed E-state index contributed by atoms with van der Waals surface area (Å²) in [5.74, 6) is 1.55. The van der Waals surface area contributed by atoms with E-state index in [1.807, 2.05) is 18.2 Å². The first-order valence-electron chi connectivity index (χ1n) is 6.28. The Hall–Kier alpha value is -1.49. The van der Waals surface area contributed by atoms with Crippen molar-refractivity contribution in [2.75, 3.05) is 12.1 Å². The lowest BCUT2D eigenvalue weighted by molar-refractivity contribution is 0.174. The van der Waals surface area contributed by atoms with Crippen LogP contribution in [0.4, 0.5) is 5.69 Å². The van der Waals surface area contributed by atoms with Gasteiger partial charge in [0.2, 0.25) is 6.79 Å². The number of fused-ring (bicyclic) bond motifs is 1. The summed E-state index contributed by atoms with van der Waals surface area (Å²) in [6, 6.07) is 6.27. The maximum Gasteiger partial charge on any atom is 0.231 e. The number of anilines is 1. The molecular weight excluding hydrogens is 248 g/mol. The van der Waals surface area contributed by atoms with Gasteiger partial charge in [-0.2, -0.15) is 0 Å². The smallest absolute Gasteiger partial charge is 0.231 e. The lowest BCUT2D eigenvalue weighted by atomic mass is 10.2. The zero-order valence-electron chi connectivity index (χ0n) is 10.1. The van der Waals surface area contributed by atoms with Crippen molar-refractivity contribution in [2.45, 2.75) is 31.7 Å². The monoisotopic (exact) mass is 264 g/mol. The molecule has 1 aliphatic heterocycles. The normalized spacial score (nSPS) is 17.8. The zero-order chi connectivity index (χ0) is 12.4. The van der Waals surface area contributed by atoms with Crippen LogP contribution in [0.2, 0.25) is 0 Å². The van der Waals surface area contributed by atoms with Crippen molar-refractivity contribution in [3.8, 4) is 11.5 Å². The van der Waals surface area contributed by atoms with E-state index in [1.165, 1.54) is 25.7 Å². The van der Waals surface area contributed by atoms with E-state index in [-0.39, 0.29) is 0 Å². The molecule has 1 heterocycles. The SMILES string of the molecule is S=C(Nc1ccc2c(c1)OCO2)NC1CCCC1. The highest BCUT2D eigenvalue weighted by atomic mass is 32.1. The van der Waals surface area contributed by atoms with Crippen molar-refractivity contribution in [3.63, 3.8) is 0 Å². The molecule has 0 amide bonds. The molecule has 0 aromatic heterocycles. The van der Waals surface area contributed by atoms with Crippen LogP contribution in [0.5, 0.6) is 11.5 Å². The van der Waals surface area contributed by atoms with Crippen LogP contribution in [0, 0.1) is 0 Å². The van der Waals surface area contributed by atoms with E-state index in [2.05, 4.69) is 10.6 Å². The van der Waals surface area contributed by atoms with Gasteiger partial charge in [-0.05, 0) is 37.2 Å². The Morgan fingerprint density at radius 1 is 1.17 bits per heavy atom. The number of rotatable bonds is 2. The lowest BCUT2D eigenvalue weighted by Gasteiger charge is -2.15. The number of ether oxygens (including phenoxy) is 2. The van der Waals surface area contributed by atoms with Crippen LogP contribution in [0.1, 0.15) is 25.7 Å². The first-order chi connectivity index (χ1) is 8.81. The Balaban J connectivity index is 1.60. The summed E-state index contributed by atoms with van der Waals surface area (Å²) >= 11 is 5.31. The third-order valence-corrected chi connectivity index (χ3v) is 3.54. The fourth-order valence-corrected chi connectivity index (χ4v) is 2.68. The second kappa shape index (κ2) is 5.02. The predicted molar refractivity (Wildman–Crippen MR) is 74.2 cm³/mol. The highest BCUT2D eigenvalue weighted by Gasteiger charge is 2.16. The average molecular weight is 264 g/mol. The van der Waals surface area contributed by atoms with Gasteiger partial charge in [-0.25, -0.2) is 0 Å². The third-order valence-electron chi connectivity index (χ3n) is 3.32. The number of benzene rings is 1. The summed E-state index contributed by atoms with van der Waals surface area (Å²) in [5, 5.41) is 7.21. The molecule has 18 heavy (non-hydrogen) atoms. The van der Waals surface area contributed by atoms with E-state index in [1.54, 1.807) is 0 Å². The predicted octanol–water partition coefficient (Wildman–Crippen LogP) is 2.64. The highest BCUT2D eigenvalue weighted by molar-refractivity contribution is 7.80. The van der Waals surface area contributed by atoms with Gasteiger partial charge < -0.3 is 20.1 Å². The van der Waals surface area contributed by atoms with E-state index >= 15 is 0 Å². The van der Waals surface area contributed by atoms with E-state index in [0.717, 1.165) is 17.2 Å². The second-order valence-corrected chi connectivity index (χ2v) is 5.06. The van der Waals surface area contributed by atoms with Crippen LogP contribution in [0.3, 0.4) is 0 Å². The molecule has 0 saturated heterocycles. The van der Waals surface area contributed by atoms with Crippen LogP contribution >= 0.6 is 12.2 Å². The molecule has 2 aliphatic rings. The van der Waals surface area contributed by atoms with Gasteiger partial charge in [0, 0.05) is 17.8 Å². The molecule has 0 unspecified atom stereocenters. The maximum atomic E-state index is 5.33. The molecule has 0 radical (unpaired) electrons. The molecule has 5 heteroatoms. The molecular formula is C13H16N2O2S. The Labute approximate surface area is 112 Å². The molecule has 1 aromatic carbocycles. The van der Waals surface area contributed by atoms with Crippen molar-refractivity contribution >= 4 is 23.0 Å². The zero-order valence-corrected chi connectivity index (χ0v) is 10.9. The fraction of sp³-hybridized carbons (Fsp3) is 0.462. The quantitative estimate of drug-likeness (QED) is 0.804. The van der Waals surface area contributed by atoms with Crippen molar-refractivity contribution in [2.24, 2.45) is 0 Å². The maximum absolute atomic E-state index is 5.33. The molecule has 4 nitrogen and oxygen atoms in total. The number of nitrogens with one attached hydrogen (secondary N) is 2. The summed E-state index contributed by atoms with van der Waals surface area (Å²) < 4.78 is 10.6. The first kappa shape index (κ1) is 11.6.